The maximum absolute atomic E-state index is 5.76. The second-order valence-electron chi connectivity index (χ2n) is 4.21. The van der Waals surface area contributed by atoms with Crippen molar-refractivity contribution in [2.45, 2.75) is 51.9 Å². The zero-order valence-electron chi connectivity index (χ0n) is 9.58. The molecule has 14 heavy (non-hydrogen) atoms. The number of ether oxygens (including phenoxy) is 2. The third-order valence-corrected chi connectivity index (χ3v) is 2.56. The minimum Gasteiger partial charge on any atom is -0.376 e. The first-order valence-electron chi connectivity index (χ1n) is 5.66. The SMILES string of the molecule is CC(C)OCCOC1CCCNC1C. The average molecular weight is 201 g/mol. The van der Waals surface area contributed by atoms with Crippen molar-refractivity contribution >= 4 is 0 Å². The second kappa shape index (κ2) is 6.38. The van der Waals surface area contributed by atoms with Gasteiger partial charge in [0, 0.05) is 6.04 Å². The highest BCUT2D eigenvalue weighted by molar-refractivity contribution is 4.77. The average Bonchev–Trinajstić information content (AvgIpc) is 2.15. The molecule has 1 fully saturated rings. The van der Waals surface area contributed by atoms with Gasteiger partial charge >= 0.3 is 0 Å². The Bertz CT molecular complexity index is 150. The maximum Gasteiger partial charge on any atom is 0.0726 e. The van der Waals surface area contributed by atoms with Gasteiger partial charge < -0.3 is 14.8 Å². The number of nitrogens with one attached hydrogen (secondary N) is 1. The van der Waals surface area contributed by atoms with Crippen LogP contribution < -0.4 is 5.32 Å². The van der Waals surface area contributed by atoms with Crippen molar-refractivity contribution in [3.8, 4) is 0 Å². The van der Waals surface area contributed by atoms with Crippen LogP contribution in [0.4, 0.5) is 0 Å². The van der Waals surface area contributed by atoms with Crippen molar-refractivity contribution in [1.82, 2.24) is 5.32 Å². The Balaban J connectivity index is 2.04. The summed E-state index contributed by atoms with van der Waals surface area (Å²) in [5, 5.41) is 3.42. The molecule has 2 unspecified atom stereocenters. The molecule has 3 nitrogen and oxygen atoms in total. The lowest BCUT2D eigenvalue weighted by molar-refractivity contribution is -0.0324. The highest BCUT2D eigenvalue weighted by atomic mass is 16.5. The van der Waals surface area contributed by atoms with E-state index in [1.54, 1.807) is 0 Å². The van der Waals surface area contributed by atoms with Crippen LogP contribution >= 0.6 is 0 Å². The molecule has 0 radical (unpaired) electrons. The predicted molar refractivity (Wildman–Crippen MR) is 57.5 cm³/mol. The van der Waals surface area contributed by atoms with Crippen molar-refractivity contribution in [1.29, 1.82) is 0 Å². The van der Waals surface area contributed by atoms with Gasteiger partial charge in [0.15, 0.2) is 0 Å². The lowest BCUT2D eigenvalue weighted by Crippen LogP contribution is -2.44. The highest BCUT2D eigenvalue weighted by Crippen LogP contribution is 2.11. The summed E-state index contributed by atoms with van der Waals surface area (Å²) in [4.78, 5) is 0. The van der Waals surface area contributed by atoms with Gasteiger partial charge in [-0.2, -0.15) is 0 Å². The molecule has 1 saturated heterocycles. The summed E-state index contributed by atoms with van der Waals surface area (Å²) in [6, 6.07) is 0.489. The largest absolute Gasteiger partial charge is 0.376 e. The molecule has 0 aromatic carbocycles. The molecule has 3 heteroatoms. The van der Waals surface area contributed by atoms with Crippen LogP contribution in [0.3, 0.4) is 0 Å². The van der Waals surface area contributed by atoms with Crippen LogP contribution in [0.25, 0.3) is 0 Å². The van der Waals surface area contributed by atoms with E-state index >= 15 is 0 Å². The fourth-order valence-electron chi connectivity index (χ4n) is 1.73. The van der Waals surface area contributed by atoms with Crippen LogP contribution in [0.15, 0.2) is 0 Å². The van der Waals surface area contributed by atoms with Gasteiger partial charge in [-0.1, -0.05) is 0 Å². The third-order valence-electron chi connectivity index (χ3n) is 2.56. The van der Waals surface area contributed by atoms with E-state index in [1.807, 2.05) is 13.8 Å². The van der Waals surface area contributed by atoms with E-state index in [9.17, 15) is 0 Å². The summed E-state index contributed by atoms with van der Waals surface area (Å²) in [5.41, 5.74) is 0. The normalized spacial score (nSPS) is 28.3. The Labute approximate surface area is 87.2 Å². The Morgan fingerprint density at radius 3 is 2.79 bits per heavy atom. The van der Waals surface area contributed by atoms with Gasteiger partial charge in [0.25, 0.3) is 0 Å². The standard InChI is InChI=1S/C11H23NO2/c1-9(2)13-7-8-14-11-5-4-6-12-10(11)3/h9-12H,4-8H2,1-3H3. The number of rotatable bonds is 5. The van der Waals surface area contributed by atoms with E-state index in [1.165, 1.54) is 12.8 Å². The van der Waals surface area contributed by atoms with Crippen LogP contribution in [-0.4, -0.2) is 38.0 Å². The van der Waals surface area contributed by atoms with Crippen LogP contribution in [-0.2, 0) is 9.47 Å². The zero-order valence-corrected chi connectivity index (χ0v) is 9.58. The van der Waals surface area contributed by atoms with E-state index in [2.05, 4.69) is 12.2 Å². The maximum atomic E-state index is 5.76. The molecule has 0 aromatic heterocycles. The minimum atomic E-state index is 0.306. The van der Waals surface area contributed by atoms with Crippen LogP contribution in [0.1, 0.15) is 33.6 Å². The molecule has 1 aliphatic heterocycles. The van der Waals surface area contributed by atoms with Crippen molar-refractivity contribution < 1.29 is 9.47 Å². The topological polar surface area (TPSA) is 30.5 Å². The third kappa shape index (κ3) is 4.40. The molecule has 0 amide bonds. The Kier molecular flexibility index (Phi) is 5.45. The number of hydrogen-bond donors (Lipinski definition) is 1. The first-order chi connectivity index (χ1) is 6.70. The first-order valence-corrected chi connectivity index (χ1v) is 5.66. The molecule has 1 rings (SSSR count). The molecule has 84 valence electrons. The summed E-state index contributed by atoms with van der Waals surface area (Å²) < 4.78 is 11.2. The zero-order chi connectivity index (χ0) is 10.4. The molecule has 0 bridgehead atoms. The smallest absolute Gasteiger partial charge is 0.0726 e. The van der Waals surface area contributed by atoms with Crippen molar-refractivity contribution in [3.63, 3.8) is 0 Å². The molecule has 0 spiro atoms. The Morgan fingerprint density at radius 2 is 2.14 bits per heavy atom. The van der Waals surface area contributed by atoms with Gasteiger partial charge in [0.1, 0.15) is 0 Å². The fraction of sp³-hybridized carbons (Fsp3) is 1.00. The summed E-state index contributed by atoms with van der Waals surface area (Å²) in [6.45, 7) is 8.84. The van der Waals surface area contributed by atoms with E-state index in [0.29, 0.717) is 24.9 Å². The highest BCUT2D eigenvalue weighted by Gasteiger charge is 2.20. The molecule has 1 heterocycles. The molecule has 0 aromatic rings. The lowest BCUT2D eigenvalue weighted by atomic mass is 10.0. The summed E-state index contributed by atoms with van der Waals surface area (Å²) in [7, 11) is 0. The van der Waals surface area contributed by atoms with Crippen molar-refractivity contribution in [2.75, 3.05) is 19.8 Å². The van der Waals surface area contributed by atoms with Gasteiger partial charge in [-0.05, 0) is 40.2 Å². The second-order valence-corrected chi connectivity index (χ2v) is 4.21. The predicted octanol–water partition coefficient (Wildman–Crippen LogP) is 1.57. The molecular formula is C11H23NO2. The van der Waals surface area contributed by atoms with Gasteiger partial charge in [-0.15, -0.1) is 0 Å². The molecular weight excluding hydrogens is 178 g/mol. The van der Waals surface area contributed by atoms with Crippen molar-refractivity contribution in [2.24, 2.45) is 0 Å². The van der Waals surface area contributed by atoms with E-state index in [0.717, 1.165) is 13.2 Å². The first kappa shape index (κ1) is 12.0. The Morgan fingerprint density at radius 1 is 1.36 bits per heavy atom. The van der Waals surface area contributed by atoms with Crippen LogP contribution in [0.5, 0.6) is 0 Å². The van der Waals surface area contributed by atoms with Gasteiger partial charge in [-0.25, -0.2) is 0 Å². The Hall–Kier alpha value is -0.120. The van der Waals surface area contributed by atoms with E-state index < -0.39 is 0 Å². The van der Waals surface area contributed by atoms with E-state index in [-0.39, 0.29) is 0 Å². The number of hydrogen-bond acceptors (Lipinski definition) is 3. The van der Waals surface area contributed by atoms with E-state index in [4.69, 9.17) is 9.47 Å². The monoisotopic (exact) mass is 201 g/mol. The summed E-state index contributed by atoms with van der Waals surface area (Å²) in [5.74, 6) is 0. The van der Waals surface area contributed by atoms with Gasteiger partial charge in [-0.3, -0.25) is 0 Å². The molecule has 0 saturated carbocycles. The molecule has 1 aliphatic rings. The fourth-order valence-corrected chi connectivity index (χ4v) is 1.73. The van der Waals surface area contributed by atoms with Crippen LogP contribution in [0, 0.1) is 0 Å². The molecule has 1 N–H and O–H groups in total. The molecule has 2 atom stereocenters. The summed E-state index contributed by atoms with van der Waals surface area (Å²) >= 11 is 0. The quantitative estimate of drug-likeness (QED) is 0.685. The van der Waals surface area contributed by atoms with Crippen molar-refractivity contribution in [3.05, 3.63) is 0 Å². The minimum absolute atomic E-state index is 0.306. The van der Waals surface area contributed by atoms with Gasteiger partial charge in [0.2, 0.25) is 0 Å². The van der Waals surface area contributed by atoms with Gasteiger partial charge in [0.05, 0.1) is 25.4 Å². The lowest BCUT2D eigenvalue weighted by Gasteiger charge is -2.29. The van der Waals surface area contributed by atoms with Crippen LogP contribution in [0.2, 0.25) is 0 Å². The summed E-state index contributed by atoms with van der Waals surface area (Å²) in [6.07, 6.45) is 3.08. The number of piperidine rings is 1. The molecule has 0 aliphatic carbocycles.